The summed E-state index contributed by atoms with van der Waals surface area (Å²) in [6.07, 6.45) is -0.718. The second kappa shape index (κ2) is 10.0. The molecule has 0 radical (unpaired) electrons. The van der Waals surface area contributed by atoms with E-state index in [1.165, 1.54) is 6.07 Å². The molecule has 4 aromatic rings. The molecule has 0 saturated carbocycles. The van der Waals surface area contributed by atoms with E-state index < -0.39 is 18.1 Å². The number of carbonyl (C=O) groups excluding carboxylic acids is 1. The smallest absolute Gasteiger partial charge is 0.407 e. The van der Waals surface area contributed by atoms with Crippen molar-refractivity contribution in [3.8, 4) is 22.3 Å². The number of hydrogen-bond donors (Lipinski definition) is 2. The second-order valence-corrected chi connectivity index (χ2v) is 8.74. The first-order valence-corrected chi connectivity index (χ1v) is 11.7. The Morgan fingerprint density at radius 2 is 1.36 bits per heavy atom. The lowest BCUT2D eigenvalue weighted by atomic mass is 9.98. The summed E-state index contributed by atoms with van der Waals surface area (Å²) in [5, 5.41) is 12.1. The summed E-state index contributed by atoms with van der Waals surface area (Å²) in [6.45, 7) is 0.101. The molecule has 1 amide bonds. The van der Waals surface area contributed by atoms with Gasteiger partial charge in [0.2, 0.25) is 0 Å². The molecule has 36 heavy (non-hydrogen) atoms. The molecule has 0 aromatic heterocycles. The molecule has 1 aliphatic rings. The molecule has 0 spiro atoms. The van der Waals surface area contributed by atoms with Crippen molar-refractivity contribution in [3.05, 3.63) is 120 Å². The summed E-state index contributed by atoms with van der Waals surface area (Å²) >= 11 is 0. The standard InChI is InChI=1S/C30H24FNO4/c31-27-12-6-5-7-21(27)20-15-13-19(14-16-20)17-28(29(33)34)32-30(35)36-18-26-24-10-3-1-8-22(24)23-9-2-4-11-25(23)26/h1-16,26,28H,17-18H2,(H,32,35)(H,33,34)/t28-/m0/s1. The van der Waals surface area contributed by atoms with E-state index in [4.69, 9.17) is 4.74 Å². The largest absolute Gasteiger partial charge is 0.480 e. The molecule has 0 heterocycles. The van der Waals surface area contributed by atoms with Gasteiger partial charge in [0.05, 0.1) is 0 Å². The van der Waals surface area contributed by atoms with Crippen LogP contribution < -0.4 is 5.32 Å². The topological polar surface area (TPSA) is 75.6 Å². The van der Waals surface area contributed by atoms with Gasteiger partial charge in [0, 0.05) is 17.9 Å². The molecule has 4 aromatic carbocycles. The van der Waals surface area contributed by atoms with Gasteiger partial charge in [-0.15, -0.1) is 0 Å². The van der Waals surface area contributed by atoms with Crippen LogP contribution in [0.15, 0.2) is 97.1 Å². The average molecular weight is 482 g/mol. The zero-order valence-electron chi connectivity index (χ0n) is 19.4. The van der Waals surface area contributed by atoms with E-state index in [1.807, 2.05) is 48.5 Å². The van der Waals surface area contributed by atoms with Gasteiger partial charge < -0.3 is 15.2 Å². The fraction of sp³-hybridized carbons (Fsp3) is 0.133. The number of carboxylic acid groups (broad SMARTS) is 1. The Kier molecular flexibility index (Phi) is 6.50. The number of carbonyl (C=O) groups is 2. The highest BCUT2D eigenvalue weighted by atomic mass is 19.1. The van der Waals surface area contributed by atoms with Gasteiger partial charge in [0.1, 0.15) is 18.5 Å². The molecule has 1 atom stereocenters. The SMILES string of the molecule is O=C(N[C@@H](Cc1ccc(-c2ccccc2F)cc1)C(=O)O)OCC1c2ccccc2-c2ccccc21. The summed E-state index contributed by atoms with van der Waals surface area (Å²) in [4.78, 5) is 24.4. The molecule has 5 rings (SSSR count). The highest BCUT2D eigenvalue weighted by Gasteiger charge is 2.29. The number of benzene rings is 4. The van der Waals surface area contributed by atoms with Crippen LogP contribution in [-0.4, -0.2) is 29.8 Å². The first-order valence-electron chi connectivity index (χ1n) is 11.7. The van der Waals surface area contributed by atoms with Crippen molar-refractivity contribution in [2.24, 2.45) is 0 Å². The summed E-state index contributed by atoms with van der Waals surface area (Å²) in [7, 11) is 0. The van der Waals surface area contributed by atoms with Gasteiger partial charge in [-0.05, 0) is 39.4 Å². The summed E-state index contributed by atoms with van der Waals surface area (Å²) in [5.74, 6) is -1.61. The van der Waals surface area contributed by atoms with Crippen LogP contribution in [0.1, 0.15) is 22.6 Å². The number of alkyl carbamates (subject to hydrolysis) is 1. The van der Waals surface area contributed by atoms with E-state index >= 15 is 0 Å². The van der Waals surface area contributed by atoms with Crippen molar-refractivity contribution in [2.75, 3.05) is 6.61 Å². The van der Waals surface area contributed by atoms with E-state index in [0.29, 0.717) is 16.7 Å². The Hall–Kier alpha value is -4.45. The lowest BCUT2D eigenvalue weighted by molar-refractivity contribution is -0.139. The summed E-state index contributed by atoms with van der Waals surface area (Å²) in [5.41, 5.74) is 6.24. The third-order valence-electron chi connectivity index (χ3n) is 6.51. The molecule has 0 unspecified atom stereocenters. The van der Waals surface area contributed by atoms with Crippen molar-refractivity contribution < 1.29 is 23.8 Å². The Balaban J connectivity index is 1.23. The van der Waals surface area contributed by atoms with Gasteiger partial charge in [-0.3, -0.25) is 0 Å². The Morgan fingerprint density at radius 3 is 1.94 bits per heavy atom. The number of nitrogens with one attached hydrogen (secondary N) is 1. The molecule has 6 heteroatoms. The van der Waals surface area contributed by atoms with Crippen LogP contribution in [0.5, 0.6) is 0 Å². The first-order chi connectivity index (χ1) is 17.5. The van der Waals surface area contributed by atoms with Gasteiger partial charge in [-0.2, -0.15) is 0 Å². The number of rotatable bonds is 7. The number of amides is 1. The van der Waals surface area contributed by atoms with Crippen LogP contribution in [0.2, 0.25) is 0 Å². The minimum atomic E-state index is -1.17. The highest BCUT2D eigenvalue weighted by molar-refractivity contribution is 5.81. The second-order valence-electron chi connectivity index (χ2n) is 8.74. The normalized spacial score (nSPS) is 12.9. The predicted molar refractivity (Wildman–Crippen MR) is 135 cm³/mol. The van der Waals surface area contributed by atoms with E-state index in [-0.39, 0.29) is 24.8 Å². The first kappa shape index (κ1) is 23.3. The Morgan fingerprint density at radius 1 is 0.806 bits per heavy atom. The van der Waals surface area contributed by atoms with Crippen molar-refractivity contribution in [3.63, 3.8) is 0 Å². The van der Waals surface area contributed by atoms with Crippen molar-refractivity contribution in [1.29, 1.82) is 0 Å². The van der Waals surface area contributed by atoms with Gasteiger partial charge in [-0.25, -0.2) is 14.0 Å². The Bertz CT molecular complexity index is 1370. The lowest BCUT2D eigenvalue weighted by Gasteiger charge is -2.17. The minimum Gasteiger partial charge on any atom is -0.480 e. The van der Waals surface area contributed by atoms with Gasteiger partial charge >= 0.3 is 12.1 Å². The van der Waals surface area contributed by atoms with E-state index in [1.54, 1.807) is 42.5 Å². The van der Waals surface area contributed by atoms with Crippen molar-refractivity contribution >= 4 is 12.1 Å². The molecule has 0 bridgehead atoms. The maximum absolute atomic E-state index is 14.0. The third-order valence-corrected chi connectivity index (χ3v) is 6.51. The fourth-order valence-electron chi connectivity index (χ4n) is 4.73. The molecular formula is C30H24FNO4. The van der Waals surface area contributed by atoms with E-state index in [0.717, 1.165) is 22.3 Å². The van der Waals surface area contributed by atoms with Crippen molar-refractivity contribution in [1.82, 2.24) is 5.32 Å². The molecule has 5 nitrogen and oxygen atoms in total. The van der Waals surface area contributed by atoms with Crippen LogP contribution in [0, 0.1) is 5.82 Å². The van der Waals surface area contributed by atoms with Crippen LogP contribution in [0.4, 0.5) is 9.18 Å². The maximum atomic E-state index is 14.0. The number of fused-ring (bicyclic) bond motifs is 3. The lowest BCUT2D eigenvalue weighted by Crippen LogP contribution is -2.42. The number of carboxylic acids is 1. The molecule has 0 saturated heterocycles. The van der Waals surface area contributed by atoms with Crippen molar-refractivity contribution in [2.45, 2.75) is 18.4 Å². The molecule has 180 valence electrons. The van der Waals surface area contributed by atoms with Gasteiger partial charge in [-0.1, -0.05) is 91.0 Å². The summed E-state index contributed by atoms with van der Waals surface area (Å²) < 4.78 is 19.5. The van der Waals surface area contributed by atoms with Crippen LogP contribution in [-0.2, 0) is 16.0 Å². The average Bonchev–Trinajstić information content (AvgIpc) is 3.21. The van der Waals surface area contributed by atoms with E-state index in [2.05, 4.69) is 5.32 Å². The molecular weight excluding hydrogens is 457 g/mol. The molecule has 0 aliphatic heterocycles. The van der Waals surface area contributed by atoms with E-state index in [9.17, 15) is 19.1 Å². The monoisotopic (exact) mass is 481 g/mol. The minimum absolute atomic E-state index is 0.0665. The Labute approximate surface area is 208 Å². The van der Waals surface area contributed by atoms with Crippen LogP contribution in [0.25, 0.3) is 22.3 Å². The number of halogens is 1. The van der Waals surface area contributed by atoms with Gasteiger partial charge in [0.25, 0.3) is 0 Å². The third kappa shape index (κ3) is 4.70. The number of hydrogen-bond acceptors (Lipinski definition) is 3. The zero-order valence-corrected chi connectivity index (χ0v) is 19.4. The quantitative estimate of drug-likeness (QED) is 0.338. The van der Waals surface area contributed by atoms with Crippen LogP contribution in [0.3, 0.4) is 0 Å². The highest BCUT2D eigenvalue weighted by Crippen LogP contribution is 2.44. The summed E-state index contributed by atoms with van der Waals surface area (Å²) in [6, 6.07) is 28.2. The number of aliphatic carboxylic acids is 1. The fourth-order valence-corrected chi connectivity index (χ4v) is 4.73. The van der Waals surface area contributed by atoms with Crippen LogP contribution >= 0.6 is 0 Å². The number of ether oxygens (including phenoxy) is 1. The molecule has 2 N–H and O–H groups in total. The zero-order chi connectivity index (χ0) is 25.1. The van der Waals surface area contributed by atoms with Gasteiger partial charge in [0.15, 0.2) is 0 Å². The molecule has 1 aliphatic carbocycles. The predicted octanol–water partition coefficient (Wildman–Crippen LogP) is 6.03. The maximum Gasteiger partial charge on any atom is 0.407 e. The molecule has 0 fully saturated rings.